The van der Waals surface area contributed by atoms with Gasteiger partial charge in [0.25, 0.3) is 0 Å². The van der Waals surface area contributed by atoms with Crippen LogP contribution in [0.5, 0.6) is 17.2 Å². The fraction of sp³-hybridized carbons (Fsp3) is 0.238. The first-order chi connectivity index (χ1) is 14.1. The van der Waals surface area contributed by atoms with Crippen LogP contribution >= 0.6 is 0 Å². The number of amides is 2. The predicted molar refractivity (Wildman–Crippen MR) is 112 cm³/mol. The summed E-state index contributed by atoms with van der Waals surface area (Å²) in [5.41, 5.74) is 1.27. The number of hydrogen-bond acceptors (Lipinski definition) is 5. The standard InChI is InChI=1S/C21H22N4O4/c1-4-5-6-9-29-15-7-8-18-19(13-15)24-25-20(18)23-21(26)22-14-10-16(27-2)12-17(11-14)28-3/h7-8,10-13H,4,9H2,1-3H3,(H3,22,23,24,25,26). The molecule has 1 heterocycles. The topological polar surface area (TPSA) is 97.5 Å². The van der Waals surface area contributed by atoms with E-state index in [-0.39, 0.29) is 0 Å². The molecule has 3 aromatic rings. The minimum atomic E-state index is -0.441. The number of hydrogen-bond donors (Lipinski definition) is 3. The molecule has 2 amide bonds. The van der Waals surface area contributed by atoms with Crippen LogP contribution in [0, 0.1) is 11.8 Å². The number of benzene rings is 2. The number of nitrogens with zero attached hydrogens (tertiary/aromatic N) is 1. The van der Waals surface area contributed by atoms with Crippen molar-refractivity contribution in [2.24, 2.45) is 0 Å². The zero-order valence-electron chi connectivity index (χ0n) is 16.5. The van der Waals surface area contributed by atoms with E-state index >= 15 is 0 Å². The Hall–Kier alpha value is -3.86. The number of H-pyrrole nitrogens is 1. The van der Waals surface area contributed by atoms with Crippen LogP contribution in [0.15, 0.2) is 36.4 Å². The lowest BCUT2D eigenvalue weighted by Crippen LogP contribution is -2.19. The molecule has 150 valence electrons. The van der Waals surface area contributed by atoms with E-state index in [1.165, 1.54) is 0 Å². The van der Waals surface area contributed by atoms with Crippen LogP contribution in [-0.2, 0) is 0 Å². The quantitative estimate of drug-likeness (QED) is 0.549. The maximum atomic E-state index is 12.4. The number of nitrogens with one attached hydrogen (secondary N) is 3. The van der Waals surface area contributed by atoms with Crippen molar-refractivity contribution in [3.05, 3.63) is 36.4 Å². The lowest BCUT2D eigenvalue weighted by Gasteiger charge is -2.10. The zero-order valence-corrected chi connectivity index (χ0v) is 16.5. The molecule has 0 aliphatic carbocycles. The molecule has 3 rings (SSSR count). The van der Waals surface area contributed by atoms with Gasteiger partial charge < -0.3 is 19.5 Å². The van der Waals surface area contributed by atoms with Gasteiger partial charge in [-0.2, -0.15) is 5.10 Å². The predicted octanol–water partition coefficient (Wildman–Crippen LogP) is 4.02. The Morgan fingerprint density at radius 2 is 1.79 bits per heavy atom. The number of urea groups is 1. The van der Waals surface area contributed by atoms with Crippen LogP contribution in [0.2, 0.25) is 0 Å². The number of aromatic nitrogens is 2. The van der Waals surface area contributed by atoms with Gasteiger partial charge in [-0.3, -0.25) is 10.4 Å². The zero-order chi connectivity index (χ0) is 20.6. The number of aromatic amines is 1. The van der Waals surface area contributed by atoms with E-state index in [4.69, 9.17) is 14.2 Å². The third-order valence-corrected chi connectivity index (χ3v) is 3.99. The van der Waals surface area contributed by atoms with Crippen molar-refractivity contribution < 1.29 is 19.0 Å². The smallest absolute Gasteiger partial charge is 0.324 e. The Morgan fingerprint density at radius 1 is 1.03 bits per heavy atom. The second-order valence-electron chi connectivity index (χ2n) is 5.96. The van der Waals surface area contributed by atoms with E-state index in [2.05, 4.69) is 32.7 Å². The molecule has 29 heavy (non-hydrogen) atoms. The number of anilines is 2. The first kappa shape index (κ1) is 19.9. The first-order valence-corrected chi connectivity index (χ1v) is 9.00. The Morgan fingerprint density at radius 3 is 2.48 bits per heavy atom. The second kappa shape index (κ2) is 9.37. The molecule has 0 aliphatic rings. The summed E-state index contributed by atoms with van der Waals surface area (Å²) in [6, 6.07) is 10.1. The summed E-state index contributed by atoms with van der Waals surface area (Å²) in [5.74, 6) is 8.09. The van der Waals surface area contributed by atoms with Crippen LogP contribution in [0.3, 0.4) is 0 Å². The van der Waals surface area contributed by atoms with Gasteiger partial charge in [-0.1, -0.05) is 12.8 Å². The highest BCUT2D eigenvalue weighted by atomic mass is 16.5. The normalized spacial score (nSPS) is 10.0. The summed E-state index contributed by atoms with van der Waals surface area (Å²) >= 11 is 0. The lowest BCUT2D eigenvalue weighted by atomic mass is 10.2. The van der Waals surface area contributed by atoms with Crippen molar-refractivity contribution in [1.82, 2.24) is 10.2 Å². The Bertz CT molecular complexity index is 1040. The van der Waals surface area contributed by atoms with E-state index in [1.807, 2.05) is 25.1 Å². The van der Waals surface area contributed by atoms with Crippen molar-refractivity contribution in [1.29, 1.82) is 0 Å². The van der Waals surface area contributed by atoms with Gasteiger partial charge in [-0.05, 0) is 12.1 Å². The molecular formula is C21H22N4O4. The number of fused-ring (bicyclic) bond motifs is 1. The lowest BCUT2D eigenvalue weighted by molar-refractivity contribution is 0.262. The Labute approximate surface area is 168 Å². The van der Waals surface area contributed by atoms with Crippen LogP contribution < -0.4 is 24.8 Å². The van der Waals surface area contributed by atoms with Crippen LogP contribution in [0.1, 0.15) is 13.3 Å². The molecule has 8 nitrogen and oxygen atoms in total. The maximum Gasteiger partial charge on any atom is 0.324 e. The summed E-state index contributed by atoms with van der Waals surface area (Å²) in [4.78, 5) is 12.4. The number of rotatable bonds is 6. The molecule has 0 atom stereocenters. The van der Waals surface area contributed by atoms with Crippen LogP contribution in [-0.4, -0.2) is 37.1 Å². The average Bonchev–Trinajstić information content (AvgIpc) is 3.12. The number of carbonyl (C=O) groups is 1. The van der Waals surface area contributed by atoms with E-state index in [9.17, 15) is 4.79 Å². The highest BCUT2D eigenvalue weighted by Crippen LogP contribution is 2.27. The largest absolute Gasteiger partial charge is 0.497 e. The van der Waals surface area contributed by atoms with Crippen molar-refractivity contribution in [2.75, 3.05) is 31.5 Å². The van der Waals surface area contributed by atoms with Gasteiger partial charge in [0.1, 0.15) is 23.9 Å². The van der Waals surface area contributed by atoms with Gasteiger partial charge >= 0.3 is 6.03 Å². The molecule has 0 radical (unpaired) electrons. The molecule has 0 unspecified atom stereocenters. The first-order valence-electron chi connectivity index (χ1n) is 9.00. The fourth-order valence-electron chi connectivity index (χ4n) is 2.63. The average molecular weight is 394 g/mol. The summed E-state index contributed by atoms with van der Waals surface area (Å²) in [6.45, 7) is 2.31. The molecule has 0 saturated carbocycles. The van der Waals surface area contributed by atoms with E-state index < -0.39 is 6.03 Å². The van der Waals surface area contributed by atoms with Gasteiger partial charge in [-0.15, -0.1) is 5.92 Å². The van der Waals surface area contributed by atoms with Gasteiger partial charge in [-0.25, -0.2) is 4.79 Å². The summed E-state index contributed by atoms with van der Waals surface area (Å²) in [5, 5.41) is 13.3. The van der Waals surface area contributed by atoms with Gasteiger partial charge in [0, 0.05) is 41.8 Å². The molecule has 1 aromatic heterocycles. The minimum Gasteiger partial charge on any atom is -0.497 e. The molecule has 2 aromatic carbocycles. The fourth-order valence-corrected chi connectivity index (χ4v) is 2.63. The third kappa shape index (κ3) is 5.11. The van der Waals surface area contributed by atoms with Gasteiger partial charge in [0.2, 0.25) is 0 Å². The molecule has 3 N–H and O–H groups in total. The van der Waals surface area contributed by atoms with Crippen molar-refractivity contribution in [2.45, 2.75) is 13.3 Å². The summed E-state index contributed by atoms with van der Waals surface area (Å²) in [6.07, 6.45) is 0.794. The summed E-state index contributed by atoms with van der Waals surface area (Å²) in [7, 11) is 3.09. The SMILES string of the molecule is CCC#CCOc1ccc2c(NC(=O)Nc3cc(OC)cc(OC)c3)n[nH]c2c1. The Balaban J connectivity index is 1.69. The van der Waals surface area contributed by atoms with Crippen molar-refractivity contribution in [3.63, 3.8) is 0 Å². The monoisotopic (exact) mass is 394 g/mol. The van der Waals surface area contributed by atoms with Crippen LogP contribution in [0.4, 0.5) is 16.3 Å². The third-order valence-electron chi connectivity index (χ3n) is 3.99. The highest BCUT2D eigenvalue weighted by molar-refractivity contribution is 6.04. The number of methoxy groups -OCH3 is 2. The number of ether oxygens (including phenoxy) is 3. The van der Waals surface area contributed by atoms with Gasteiger partial charge in [0.05, 0.1) is 19.7 Å². The molecule has 0 spiro atoms. The number of carbonyl (C=O) groups excluding carboxylic acids is 1. The minimum absolute atomic E-state index is 0.324. The summed E-state index contributed by atoms with van der Waals surface area (Å²) < 4.78 is 16.0. The van der Waals surface area contributed by atoms with E-state index in [0.717, 1.165) is 17.3 Å². The molecular weight excluding hydrogens is 372 g/mol. The van der Waals surface area contributed by atoms with Gasteiger partial charge in [0.15, 0.2) is 5.82 Å². The molecule has 0 bridgehead atoms. The highest BCUT2D eigenvalue weighted by Gasteiger charge is 2.11. The Kier molecular flexibility index (Phi) is 6.43. The molecule has 8 heteroatoms. The second-order valence-corrected chi connectivity index (χ2v) is 5.96. The maximum absolute atomic E-state index is 12.4. The van der Waals surface area contributed by atoms with Crippen molar-refractivity contribution in [3.8, 4) is 29.1 Å². The van der Waals surface area contributed by atoms with E-state index in [0.29, 0.717) is 35.4 Å². The van der Waals surface area contributed by atoms with E-state index in [1.54, 1.807) is 32.4 Å². The van der Waals surface area contributed by atoms with Crippen LogP contribution in [0.25, 0.3) is 10.9 Å². The molecule has 0 fully saturated rings. The molecule has 0 aliphatic heterocycles. The molecule has 0 saturated heterocycles. The van der Waals surface area contributed by atoms with Crippen molar-refractivity contribution >= 4 is 28.4 Å².